The molecule has 3 unspecified atom stereocenters. The highest BCUT2D eigenvalue weighted by molar-refractivity contribution is 5.79. The smallest absolute Gasteiger partial charge is 0.404 e. The molecule has 6 nitrogen and oxygen atoms in total. The predicted octanol–water partition coefficient (Wildman–Crippen LogP) is 4.50. The number of unbranched alkanes of at least 4 members (excludes halogenated alkanes) is 2. The maximum absolute atomic E-state index is 13.0. The number of esters is 1. The average Bonchev–Trinajstić information content (AvgIpc) is 2.60. The second kappa shape index (κ2) is 9.61. The van der Waals surface area contributed by atoms with E-state index in [1.807, 2.05) is 31.2 Å². The fourth-order valence-electron chi connectivity index (χ4n) is 4.89. The number of hydrogen-bond donors (Lipinski definition) is 3. The van der Waals surface area contributed by atoms with Crippen LogP contribution in [0.25, 0.3) is 0 Å². The van der Waals surface area contributed by atoms with E-state index in [-0.39, 0.29) is 11.5 Å². The maximum Gasteiger partial charge on any atom is 0.404 e. The summed E-state index contributed by atoms with van der Waals surface area (Å²) in [6.45, 7) is 8.29. The van der Waals surface area contributed by atoms with Gasteiger partial charge in [0.1, 0.15) is 11.8 Å². The molecule has 1 saturated carbocycles. The first-order valence-corrected chi connectivity index (χ1v) is 10.6. The molecule has 1 fully saturated rings. The van der Waals surface area contributed by atoms with Gasteiger partial charge in [0.05, 0.1) is 0 Å². The van der Waals surface area contributed by atoms with Crippen molar-refractivity contribution in [3.8, 4) is 5.75 Å². The molecule has 4 N–H and O–H groups in total. The van der Waals surface area contributed by atoms with Gasteiger partial charge in [0.15, 0.2) is 0 Å². The van der Waals surface area contributed by atoms with Crippen LogP contribution in [-0.2, 0) is 11.2 Å². The molecule has 1 aliphatic rings. The molecule has 0 aromatic heterocycles. The molecule has 0 spiro atoms. The third kappa shape index (κ3) is 6.46. The molecule has 6 heteroatoms. The molecule has 0 bridgehead atoms. The van der Waals surface area contributed by atoms with Crippen LogP contribution in [0.3, 0.4) is 0 Å². The van der Waals surface area contributed by atoms with Crippen molar-refractivity contribution < 1.29 is 19.4 Å². The van der Waals surface area contributed by atoms with Gasteiger partial charge in [-0.1, -0.05) is 58.7 Å². The summed E-state index contributed by atoms with van der Waals surface area (Å²) in [6.07, 6.45) is 5.08. The molecule has 29 heavy (non-hydrogen) atoms. The molecular formula is C23H36N2O4. The van der Waals surface area contributed by atoms with Crippen LogP contribution < -0.4 is 15.8 Å². The van der Waals surface area contributed by atoms with Crippen LogP contribution in [0.2, 0.25) is 0 Å². The van der Waals surface area contributed by atoms with Gasteiger partial charge in [-0.15, -0.1) is 0 Å². The Hall–Kier alpha value is -2.08. The van der Waals surface area contributed by atoms with Crippen molar-refractivity contribution in [2.24, 2.45) is 16.6 Å². The normalized spacial score (nSPS) is 24.5. The molecule has 1 aromatic carbocycles. The fraction of sp³-hybridized carbons (Fsp3) is 0.652. The number of rotatable bonds is 8. The quantitative estimate of drug-likeness (QED) is 0.336. The van der Waals surface area contributed by atoms with Gasteiger partial charge in [0.25, 0.3) is 0 Å². The standard InChI is InChI=1S/C23H36N2O4/c1-5-6-7-10-16-11-8-9-12-18(16)29-20(26)19(24)23(4)14-17(25-21(27)28)13-22(2,3)15-23/h8-9,11-12,17,19,25H,5-7,10,13-15,24H2,1-4H3,(H,27,28). The van der Waals surface area contributed by atoms with Crippen molar-refractivity contribution in [1.29, 1.82) is 0 Å². The number of benzene rings is 1. The highest BCUT2D eigenvalue weighted by atomic mass is 16.5. The lowest BCUT2D eigenvalue weighted by molar-refractivity contribution is -0.140. The van der Waals surface area contributed by atoms with Crippen LogP contribution >= 0.6 is 0 Å². The third-order valence-electron chi connectivity index (χ3n) is 5.96. The minimum absolute atomic E-state index is 0.129. The minimum Gasteiger partial charge on any atom is -0.465 e. The highest BCUT2D eigenvalue weighted by Gasteiger charge is 2.47. The fourth-order valence-corrected chi connectivity index (χ4v) is 4.89. The number of nitrogens with two attached hydrogens (primary N) is 1. The highest BCUT2D eigenvalue weighted by Crippen LogP contribution is 2.47. The Kier molecular flexibility index (Phi) is 7.69. The van der Waals surface area contributed by atoms with Crippen molar-refractivity contribution in [2.75, 3.05) is 0 Å². The number of nitrogens with one attached hydrogen (secondary N) is 1. The van der Waals surface area contributed by atoms with E-state index in [0.717, 1.165) is 44.1 Å². The SMILES string of the molecule is CCCCCc1ccccc1OC(=O)C(N)C1(C)CC(NC(=O)O)CC(C)(C)C1. The predicted molar refractivity (Wildman–Crippen MR) is 114 cm³/mol. The van der Waals surface area contributed by atoms with Crippen molar-refractivity contribution in [3.63, 3.8) is 0 Å². The number of hydrogen-bond acceptors (Lipinski definition) is 4. The van der Waals surface area contributed by atoms with Crippen molar-refractivity contribution in [2.45, 2.75) is 84.7 Å². The molecule has 0 radical (unpaired) electrons. The lowest BCUT2D eigenvalue weighted by Gasteiger charge is -2.48. The van der Waals surface area contributed by atoms with Crippen LogP contribution in [0, 0.1) is 10.8 Å². The molecule has 1 aromatic rings. The van der Waals surface area contributed by atoms with E-state index >= 15 is 0 Å². The summed E-state index contributed by atoms with van der Waals surface area (Å²) in [5, 5.41) is 11.7. The Morgan fingerprint density at radius 3 is 2.59 bits per heavy atom. The summed E-state index contributed by atoms with van der Waals surface area (Å²) in [5.74, 6) is 0.116. The number of para-hydroxylation sites is 1. The Morgan fingerprint density at radius 1 is 1.24 bits per heavy atom. The maximum atomic E-state index is 13.0. The van der Waals surface area contributed by atoms with Crippen LogP contribution in [0.4, 0.5) is 4.79 Å². The van der Waals surface area contributed by atoms with Gasteiger partial charge >= 0.3 is 12.1 Å². The summed E-state index contributed by atoms with van der Waals surface area (Å²) in [7, 11) is 0. The monoisotopic (exact) mass is 404 g/mol. The largest absolute Gasteiger partial charge is 0.465 e. The van der Waals surface area contributed by atoms with Gasteiger partial charge in [-0.2, -0.15) is 0 Å². The van der Waals surface area contributed by atoms with Crippen LogP contribution in [0.5, 0.6) is 5.75 Å². The van der Waals surface area contributed by atoms with Gasteiger partial charge in [-0.25, -0.2) is 9.59 Å². The molecule has 1 aliphatic carbocycles. The van der Waals surface area contributed by atoms with Gasteiger partial charge < -0.3 is 20.9 Å². The summed E-state index contributed by atoms with van der Waals surface area (Å²) in [5.41, 5.74) is 6.74. The second-order valence-electron chi connectivity index (χ2n) is 9.51. The first kappa shape index (κ1) is 23.2. The molecule has 162 valence electrons. The number of carboxylic acid groups (broad SMARTS) is 1. The molecule has 0 heterocycles. The van der Waals surface area contributed by atoms with Crippen LogP contribution in [0.15, 0.2) is 24.3 Å². The molecule has 3 atom stereocenters. The molecule has 0 saturated heterocycles. The Morgan fingerprint density at radius 2 is 1.93 bits per heavy atom. The first-order chi connectivity index (χ1) is 13.6. The Labute approximate surface area is 174 Å². The number of ether oxygens (including phenoxy) is 1. The Bertz CT molecular complexity index is 719. The molecule has 1 amide bonds. The zero-order valence-electron chi connectivity index (χ0n) is 18.2. The zero-order chi connectivity index (χ0) is 21.7. The van der Waals surface area contributed by atoms with Gasteiger partial charge in [-0.05, 0) is 54.6 Å². The van der Waals surface area contributed by atoms with Gasteiger partial charge in [0, 0.05) is 6.04 Å². The van der Waals surface area contributed by atoms with Crippen molar-refractivity contribution in [3.05, 3.63) is 29.8 Å². The van der Waals surface area contributed by atoms with E-state index in [4.69, 9.17) is 15.6 Å². The second-order valence-corrected chi connectivity index (χ2v) is 9.51. The summed E-state index contributed by atoms with van der Waals surface area (Å²) in [4.78, 5) is 24.1. The number of amides is 1. The van der Waals surface area contributed by atoms with Gasteiger partial charge in [-0.3, -0.25) is 0 Å². The summed E-state index contributed by atoms with van der Waals surface area (Å²) in [6, 6.07) is 6.54. The Balaban J connectivity index is 2.13. The van der Waals surface area contributed by atoms with Crippen molar-refractivity contribution >= 4 is 12.1 Å². The number of carbonyl (C=O) groups excluding carboxylic acids is 1. The van der Waals surface area contributed by atoms with Crippen molar-refractivity contribution in [1.82, 2.24) is 5.32 Å². The van der Waals surface area contributed by atoms with E-state index < -0.39 is 23.5 Å². The minimum atomic E-state index is -1.05. The van der Waals surface area contributed by atoms with E-state index in [1.165, 1.54) is 0 Å². The van der Waals surface area contributed by atoms with Crippen LogP contribution in [0.1, 0.15) is 71.8 Å². The van der Waals surface area contributed by atoms with Crippen LogP contribution in [-0.4, -0.2) is 29.3 Å². The molecule has 2 rings (SSSR count). The third-order valence-corrected chi connectivity index (χ3v) is 5.96. The topological polar surface area (TPSA) is 102 Å². The average molecular weight is 405 g/mol. The summed E-state index contributed by atoms with van der Waals surface area (Å²) < 4.78 is 5.74. The zero-order valence-corrected chi connectivity index (χ0v) is 18.2. The van der Waals surface area contributed by atoms with E-state index in [2.05, 4.69) is 26.1 Å². The lowest BCUT2D eigenvalue weighted by Crippen LogP contribution is -2.56. The molecular weight excluding hydrogens is 368 g/mol. The van der Waals surface area contributed by atoms with E-state index in [0.29, 0.717) is 12.2 Å². The summed E-state index contributed by atoms with van der Waals surface area (Å²) >= 11 is 0. The lowest BCUT2D eigenvalue weighted by atomic mass is 9.60. The molecule has 0 aliphatic heterocycles. The first-order valence-electron chi connectivity index (χ1n) is 10.6. The van der Waals surface area contributed by atoms with E-state index in [1.54, 1.807) is 0 Å². The van der Waals surface area contributed by atoms with Gasteiger partial charge in [0.2, 0.25) is 0 Å². The number of aryl methyl sites for hydroxylation is 1. The number of carbonyl (C=O) groups is 2. The van der Waals surface area contributed by atoms with E-state index in [9.17, 15) is 9.59 Å².